The van der Waals surface area contributed by atoms with Crippen LogP contribution in [-0.4, -0.2) is 44.2 Å². The molecule has 1 aromatic heterocycles. The van der Waals surface area contributed by atoms with Gasteiger partial charge in [-0.3, -0.25) is 4.90 Å². The fraction of sp³-hybridized carbons (Fsp3) is 0.462. The van der Waals surface area contributed by atoms with E-state index in [1.807, 2.05) is 0 Å². The largest absolute Gasteiger partial charge is 0.347 e. The number of likely N-dealkylation sites (tertiary alicyclic amines) is 1. The highest BCUT2D eigenvalue weighted by Gasteiger charge is 2.31. The van der Waals surface area contributed by atoms with Crippen LogP contribution >= 0.6 is 0 Å². The van der Waals surface area contributed by atoms with E-state index in [1.54, 1.807) is 0 Å². The number of nitrogens with zero attached hydrogens (tertiary/aromatic N) is 4. The molecule has 2 atom stereocenters. The average Bonchev–Trinajstić information content (AvgIpc) is 3.05. The molecule has 1 saturated heterocycles. The van der Waals surface area contributed by atoms with Crippen LogP contribution in [0.3, 0.4) is 0 Å². The van der Waals surface area contributed by atoms with Gasteiger partial charge in [0.25, 0.3) is 5.95 Å². The Balaban J connectivity index is 1.60. The summed E-state index contributed by atoms with van der Waals surface area (Å²) in [5, 5.41) is 17.2. The van der Waals surface area contributed by atoms with Gasteiger partial charge in [0.15, 0.2) is 0 Å². The summed E-state index contributed by atoms with van der Waals surface area (Å²) in [6.07, 6.45) is 1.10. The predicted octanol–water partition coefficient (Wildman–Crippen LogP) is 1.27. The second-order valence-electron chi connectivity index (χ2n) is 4.97. The molecule has 0 radical (unpaired) electrons. The van der Waals surface area contributed by atoms with Gasteiger partial charge in [-0.05, 0) is 24.1 Å². The zero-order valence-electron chi connectivity index (χ0n) is 11.0. The van der Waals surface area contributed by atoms with Crippen molar-refractivity contribution in [2.45, 2.75) is 32.0 Å². The number of benzene rings is 1. The number of aromatic amines is 1. The van der Waals surface area contributed by atoms with Gasteiger partial charge in [0.2, 0.25) is 0 Å². The van der Waals surface area contributed by atoms with Gasteiger partial charge < -0.3 is 5.32 Å². The van der Waals surface area contributed by atoms with E-state index >= 15 is 0 Å². The van der Waals surface area contributed by atoms with Crippen LogP contribution in [0.5, 0.6) is 0 Å². The second-order valence-corrected chi connectivity index (χ2v) is 4.97. The molecular weight excluding hydrogens is 240 g/mol. The third-order valence-electron chi connectivity index (χ3n) is 3.77. The van der Waals surface area contributed by atoms with Crippen LogP contribution in [0.1, 0.15) is 18.9 Å². The Morgan fingerprint density at radius 2 is 2.21 bits per heavy atom. The van der Waals surface area contributed by atoms with E-state index in [4.69, 9.17) is 0 Å². The van der Waals surface area contributed by atoms with Crippen LogP contribution in [0.25, 0.3) is 0 Å². The number of aromatic nitrogens is 4. The molecule has 2 unspecified atom stereocenters. The normalized spacial score (nSPS) is 23.6. The number of hydrogen-bond acceptors (Lipinski definition) is 5. The molecule has 2 N–H and O–H groups in total. The van der Waals surface area contributed by atoms with Crippen LogP contribution in [-0.2, 0) is 6.54 Å². The number of anilines is 1. The molecule has 0 spiro atoms. The molecule has 1 aliphatic heterocycles. The van der Waals surface area contributed by atoms with Crippen molar-refractivity contribution in [2.75, 3.05) is 11.9 Å². The maximum atomic E-state index is 3.95. The van der Waals surface area contributed by atoms with Gasteiger partial charge in [-0.25, -0.2) is 0 Å². The topological polar surface area (TPSA) is 69.7 Å². The lowest BCUT2D eigenvalue weighted by atomic mass is 10.1. The van der Waals surface area contributed by atoms with E-state index in [0.29, 0.717) is 18.0 Å². The molecule has 19 heavy (non-hydrogen) atoms. The lowest BCUT2D eigenvalue weighted by molar-refractivity contribution is 0.255. The minimum Gasteiger partial charge on any atom is -0.347 e. The summed E-state index contributed by atoms with van der Waals surface area (Å²) >= 11 is 0. The molecule has 2 aromatic rings. The van der Waals surface area contributed by atoms with Gasteiger partial charge in [-0.1, -0.05) is 35.4 Å². The average molecular weight is 258 g/mol. The molecule has 0 amide bonds. The zero-order valence-corrected chi connectivity index (χ0v) is 11.0. The van der Waals surface area contributed by atoms with Gasteiger partial charge in [0, 0.05) is 25.2 Å². The Bertz CT molecular complexity index is 497. The maximum absolute atomic E-state index is 3.95. The van der Waals surface area contributed by atoms with Gasteiger partial charge >= 0.3 is 0 Å². The fourth-order valence-electron chi connectivity index (χ4n) is 2.63. The summed E-state index contributed by atoms with van der Waals surface area (Å²) in [6.45, 7) is 4.33. The summed E-state index contributed by atoms with van der Waals surface area (Å²) < 4.78 is 0. The van der Waals surface area contributed by atoms with Crippen LogP contribution in [0, 0.1) is 0 Å². The quantitative estimate of drug-likeness (QED) is 0.864. The molecule has 100 valence electrons. The molecule has 0 aliphatic carbocycles. The van der Waals surface area contributed by atoms with Crippen LogP contribution in [0.2, 0.25) is 0 Å². The van der Waals surface area contributed by atoms with E-state index in [0.717, 1.165) is 19.5 Å². The maximum Gasteiger partial charge on any atom is 0.263 e. The van der Waals surface area contributed by atoms with Gasteiger partial charge in [-0.15, -0.1) is 5.10 Å². The molecule has 1 aromatic carbocycles. The molecule has 2 heterocycles. The van der Waals surface area contributed by atoms with E-state index in [-0.39, 0.29) is 0 Å². The van der Waals surface area contributed by atoms with E-state index in [9.17, 15) is 0 Å². The molecule has 0 bridgehead atoms. The monoisotopic (exact) mass is 258 g/mol. The Kier molecular flexibility index (Phi) is 3.41. The van der Waals surface area contributed by atoms with Crippen molar-refractivity contribution in [1.29, 1.82) is 0 Å². The number of hydrogen-bond donors (Lipinski definition) is 2. The van der Waals surface area contributed by atoms with Crippen LogP contribution in [0.15, 0.2) is 30.3 Å². The summed E-state index contributed by atoms with van der Waals surface area (Å²) in [7, 11) is 0. The first-order valence-electron chi connectivity index (χ1n) is 6.61. The molecule has 3 rings (SSSR count). The van der Waals surface area contributed by atoms with Crippen molar-refractivity contribution < 1.29 is 0 Å². The third kappa shape index (κ3) is 2.73. The first kappa shape index (κ1) is 12.1. The van der Waals surface area contributed by atoms with Crippen LogP contribution < -0.4 is 5.32 Å². The first-order chi connectivity index (χ1) is 9.33. The molecular formula is C13H18N6. The highest BCUT2D eigenvalue weighted by Crippen LogP contribution is 2.22. The second kappa shape index (κ2) is 5.36. The summed E-state index contributed by atoms with van der Waals surface area (Å²) in [6, 6.07) is 11.4. The minimum atomic E-state index is 0.376. The number of H-pyrrole nitrogens is 1. The lowest BCUT2D eigenvalue weighted by Crippen LogP contribution is -2.36. The van der Waals surface area contributed by atoms with Gasteiger partial charge in [0.05, 0.1) is 0 Å². The van der Waals surface area contributed by atoms with Crippen molar-refractivity contribution in [2.24, 2.45) is 0 Å². The Hall–Kier alpha value is -1.95. The summed E-state index contributed by atoms with van der Waals surface area (Å²) in [4.78, 5) is 2.48. The molecule has 1 fully saturated rings. The van der Waals surface area contributed by atoms with Crippen molar-refractivity contribution >= 4 is 5.95 Å². The van der Waals surface area contributed by atoms with Gasteiger partial charge in [-0.2, -0.15) is 5.21 Å². The molecule has 0 saturated carbocycles. The highest BCUT2D eigenvalue weighted by atomic mass is 15.5. The van der Waals surface area contributed by atoms with E-state index in [1.165, 1.54) is 5.56 Å². The standard InChI is InChI=1S/C13H18N6/c1-10-12(14-13-15-17-18-16-13)7-8-19(10)9-11-5-3-2-4-6-11/h2-6,10,12H,7-9H2,1H3,(H2,14,15,16,17,18). The first-order valence-corrected chi connectivity index (χ1v) is 6.61. The fourth-order valence-corrected chi connectivity index (χ4v) is 2.63. The third-order valence-corrected chi connectivity index (χ3v) is 3.77. The van der Waals surface area contributed by atoms with Crippen molar-refractivity contribution in [1.82, 2.24) is 25.5 Å². The molecule has 6 heteroatoms. The summed E-state index contributed by atoms with van der Waals surface area (Å²) in [5.74, 6) is 0.582. The van der Waals surface area contributed by atoms with Crippen molar-refractivity contribution in [3.8, 4) is 0 Å². The van der Waals surface area contributed by atoms with Crippen LogP contribution in [0.4, 0.5) is 5.95 Å². The smallest absolute Gasteiger partial charge is 0.263 e. The molecule has 1 aliphatic rings. The predicted molar refractivity (Wildman–Crippen MR) is 72.5 cm³/mol. The molecule has 6 nitrogen and oxygen atoms in total. The highest BCUT2D eigenvalue weighted by molar-refractivity contribution is 5.24. The van der Waals surface area contributed by atoms with E-state index in [2.05, 4.69) is 68.1 Å². The zero-order chi connectivity index (χ0) is 13.1. The SMILES string of the molecule is CC1C(Nc2nn[nH]n2)CCN1Cc1ccccc1. The number of rotatable bonds is 4. The van der Waals surface area contributed by atoms with Gasteiger partial charge in [0.1, 0.15) is 0 Å². The minimum absolute atomic E-state index is 0.376. The van der Waals surface area contributed by atoms with E-state index < -0.39 is 0 Å². The summed E-state index contributed by atoms with van der Waals surface area (Å²) in [5.41, 5.74) is 1.36. The van der Waals surface area contributed by atoms with Crippen molar-refractivity contribution in [3.05, 3.63) is 35.9 Å². The van der Waals surface area contributed by atoms with Crippen molar-refractivity contribution in [3.63, 3.8) is 0 Å². The number of tetrazole rings is 1. The number of nitrogens with one attached hydrogen (secondary N) is 2. The Labute approximate surface area is 112 Å². The lowest BCUT2D eigenvalue weighted by Gasteiger charge is -2.24. The Morgan fingerprint density at radius 1 is 1.37 bits per heavy atom. The Morgan fingerprint density at radius 3 is 2.95 bits per heavy atom.